The van der Waals surface area contributed by atoms with Crippen molar-refractivity contribution in [3.63, 3.8) is 0 Å². The lowest BCUT2D eigenvalue weighted by Gasteiger charge is -2.35. The summed E-state index contributed by atoms with van der Waals surface area (Å²) >= 11 is 0. The average molecular weight is 398 g/mol. The molecule has 0 atom stereocenters. The van der Waals surface area contributed by atoms with E-state index in [1.54, 1.807) is 40.1 Å². The molecule has 0 aliphatic carbocycles. The van der Waals surface area contributed by atoms with Gasteiger partial charge in [0.25, 0.3) is 11.8 Å². The summed E-state index contributed by atoms with van der Waals surface area (Å²) in [4.78, 5) is 28.7. The Bertz CT molecular complexity index is 907. The van der Waals surface area contributed by atoms with E-state index in [1.807, 2.05) is 0 Å². The first-order chi connectivity index (χ1) is 14.0. The fourth-order valence-electron chi connectivity index (χ4n) is 3.17. The summed E-state index contributed by atoms with van der Waals surface area (Å²) in [6.07, 6.45) is 1.63. The molecule has 0 unspecified atom stereocenters. The van der Waals surface area contributed by atoms with Gasteiger partial charge in [0.1, 0.15) is 12.4 Å². The number of ether oxygens (including phenoxy) is 2. The van der Waals surface area contributed by atoms with Crippen LogP contribution in [0.5, 0.6) is 11.5 Å². The number of hydrogen-bond acceptors (Lipinski definition) is 4. The van der Waals surface area contributed by atoms with Gasteiger partial charge in [-0.2, -0.15) is 0 Å². The normalized spacial score (nSPS) is 13.7. The highest BCUT2D eigenvalue weighted by atomic mass is 19.1. The van der Waals surface area contributed by atoms with Crippen molar-refractivity contribution in [2.45, 2.75) is 0 Å². The third-order valence-electron chi connectivity index (χ3n) is 4.69. The number of carbonyl (C=O) groups excluding carboxylic acids is 2. The molecule has 29 heavy (non-hydrogen) atoms. The minimum Gasteiger partial charge on any atom is -0.493 e. The molecule has 3 rings (SSSR count). The third kappa shape index (κ3) is 4.74. The number of piperazine rings is 1. The van der Waals surface area contributed by atoms with Crippen molar-refractivity contribution in [2.75, 3.05) is 39.9 Å². The molecule has 1 aliphatic heterocycles. The lowest BCUT2D eigenvalue weighted by molar-refractivity contribution is 0.0535. The van der Waals surface area contributed by atoms with Gasteiger partial charge in [0, 0.05) is 37.3 Å². The van der Waals surface area contributed by atoms with Gasteiger partial charge in [-0.05, 0) is 36.4 Å². The molecule has 152 valence electrons. The molecule has 0 bridgehead atoms. The SMILES string of the molecule is C=CCOc1ccc(C(=O)N2CCN(C(=O)c3cccc(F)c3)CC2)cc1OC. The van der Waals surface area contributed by atoms with Crippen LogP contribution in [0.3, 0.4) is 0 Å². The van der Waals surface area contributed by atoms with Crippen molar-refractivity contribution in [3.05, 3.63) is 72.1 Å². The number of rotatable bonds is 6. The summed E-state index contributed by atoms with van der Waals surface area (Å²) in [7, 11) is 1.52. The Morgan fingerprint density at radius 3 is 2.17 bits per heavy atom. The second kappa shape index (κ2) is 9.23. The van der Waals surface area contributed by atoms with Crippen LogP contribution in [-0.2, 0) is 0 Å². The van der Waals surface area contributed by atoms with E-state index in [2.05, 4.69) is 6.58 Å². The summed E-state index contributed by atoms with van der Waals surface area (Å²) in [5, 5.41) is 0. The molecule has 2 aromatic carbocycles. The zero-order valence-corrected chi connectivity index (χ0v) is 16.3. The van der Waals surface area contributed by atoms with Crippen LogP contribution >= 0.6 is 0 Å². The molecule has 1 saturated heterocycles. The molecule has 6 nitrogen and oxygen atoms in total. The molecular formula is C22H23FN2O4. The Labute approximate surface area is 169 Å². The topological polar surface area (TPSA) is 59.1 Å². The van der Waals surface area contributed by atoms with Crippen LogP contribution in [0.1, 0.15) is 20.7 Å². The summed E-state index contributed by atoms with van der Waals surface area (Å²) < 4.78 is 24.2. The molecule has 2 aromatic rings. The molecule has 2 amide bonds. The number of amides is 2. The first-order valence-electron chi connectivity index (χ1n) is 9.29. The van der Waals surface area contributed by atoms with E-state index < -0.39 is 5.82 Å². The number of benzene rings is 2. The average Bonchev–Trinajstić information content (AvgIpc) is 2.76. The lowest BCUT2D eigenvalue weighted by Crippen LogP contribution is -2.50. The second-order valence-corrected chi connectivity index (χ2v) is 6.56. The van der Waals surface area contributed by atoms with E-state index in [1.165, 1.54) is 25.3 Å². The number of carbonyl (C=O) groups is 2. The van der Waals surface area contributed by atoms with Crippen molar-refractivity contribution in [1.82, 2.24) is 9.80 Å². The molecular weight excluding hydrogens is 375 g/mol. The fourth-order valence-corrected chi connectivity index (χ4v) is 3.17. The number of nitrogens with zero attached hydrogens (tertiary/aromatic N) is 2. The highest BCUT2D eigenvalue weighted by molar-refractivity contribution is 5.96. The standard InChI is InChI=1S/C22H23FN2O4/c1-3-13-29-19-8-7-17(15-20(19)28-2)22(27)25-11-9-24(10-12-25)21(26)16-5-4-6-18(23)14-16/h3-8,14-15H,1,9-13H2,2H3. The predicted molar refractivity (Wildman–Crippen MR) is 107 cm³/mol. The zero-order chi connectivity index (χ0) is 20.8. The van der Waals surface area contributed by atoms with Gasteiger partial charge in [-0.1, -0.05) is 18.7 Å². The van der Waals surface area contributed by atoms with Gasteiger partial charge in [0.15, 0.2) is 11.5 Å². The number of halogens is 1. The van der Waals surface area contributed by atoms with Gasteiger partial charge in [0.05, 0.1) is 7.11 Å². The Morgan fingerprint density at radius 2 is 1.62 bits per heavy atom. The minimum atomic E-state index is -0.445. The van der Waals surface area contributed by atoms with Crippen LogP contribution in [0.25, 0.3) is 0 Å². The maximum Gasteiger partial charge on any atom is 0.254 e. The smallest absolute Gasteiger partial charge is 0.254 e. The third-order valence-corrected chi connectivity index (χ3v) is 4.69. The highest BCUT2D eigenvalue weighted by Crippen LogP contribution is 2.28. The van der Waals surface area contributed by atoms with Gasteiger partial charge in [-0.3, -0.25) is 9.59 Å². The van der Waals surface area contributed by atoms with E-state index in [0.29, 0.717) is 55.4 Å². The van der Waals surface area contributed by atoms with Crippen LogP contribution in [0.15, 0.2) is 55.1 Å². The molecule has 1 fully saturated rings. The summed E-state index contributed by atoms with van der Waals surface area (Å²) in [6, 6.07) is 10.7. The second-order valence-electron chi connectivity index (χ2n) is 6.56. The van der Waals surface area contributed by atoms with Crippen molar-refractivity contribution in [3.8, 4) is 11.5 Å². The Kier molecular flexibility index (Phi) is 6.49. The van der Waals surface area contributed by atoms with Crippen LogP contribution in [-0.4, -0.2) is 61.5 Å². The quantitative estimate of drug-likeness (QED) is 0.702. The van der Waals surface area contributed by atoms with Crippen molar-refractivity contribution < 1.29 is 23.5 Å². The lowest BCUT2D eigenvalue weighted by atomic mass is 10.1. The molecule has 1 aliphatic rings. The molecule has 0 aromatic heterocycles. The van der Waals surface area contributed by atoms with Crippen LogP contribution in [0, 0.1) is 5.82 Å². The van der Waals surface area contributed by atoms with E-state index >= 15 is 0 Å². The van der Waals surface area contributed by atoms with Gasteiger partial charge in [-0.15, -0.1) is 0 Å². The first-order valence-corrected chi connectivity index (χ1v) is 9.29. The number of hydrogen-bond donors (Lipinski definition) is 0. The van der Waals surface area contributed by atoms with E-state index in [9.17, 15) is 14.0 Å². The molecule has 1 heterocycles. The highest BCUT2D eigenvalue weighted by Gasteiger charge is 2.26. The monoisotopic (exact) mass is 398 g/mol. The van der Waals surface area contributed by atoms with Crippen LogP contribution in [0.4, 0.5) is 4.39 Å². The minimum absolute atomic E-state index is 0.142. The van der Waals surface area contributed by atoms with Crippen molar-refractivity contribution in [1.29, 1.82) is 0 Å². The predicted octanol–water partition coefficient (Wildman–Crippen LogP) is 3.00. The van der Waals surface area contributed by atoms with Crippen LogP contribution in [0.2, 0.25) is 0 Å². The van der Waals surface area contributed by atoms with Crippen LogP contribution < -0.4 is 9.47 Å². The molecule has 7 heteroatoms. The largest absolute Gasteiger partial charge is 0.493 e. The zero-order valence-electron chi connectivity index (χ0n) is 16.3. The van der Waals surface area contributed by atoms with Gasteiger partial charge >= 0.3 is 0 Å². The Balaban J connectivity index is 1.64. The summed E-state index contributed by atoms with van der Waals surface area (Å²) in [5.41, 5.74) is 0.794. The fraction of sp³-hybridized carbons (Fsp3) is 0.273. The Hall–Kier alpha value is -3.35. The Morgan fingerprint density at radius 1 is 1.00 bits per heavy atom. The summed E-state index contributed by atoms with van der Waals surface area (Å²) in [6.45, 7) is 5.52. The van der Waals surface area contributed by atoms with Crippen molar-refractivity contribution in [2.24, 2.45) is 0 Å². The molecule has 0 N–H and O–H groups in total. The molecule has 0 saturated carbocycles. The number of methoxy groups -OCH3 is 1. The van der Waals surface area contributed by atoms with Crippen molar-refractivity contribution >= 4 is 11.8 Å². The van der Waals surface area contributed by atoms with E-state index in [-0.39, 0.29) is 11.8 Å². The summed E-state index contributed by atoms with van der Waals surface area (Å²) in [5.74, 6) is 0.185. The molecule has 0 radical (unpaired) electrons. The van der Waals surface area contributed by atoms with Gasteiger partial charge in [0.2, 0.25) is 0 Å². The van der Waals surface area contributed by atoms with E-state index in [0.717, 1.165) is 0 Å². The maximum absolute atomic E-state index is 13.4. The van der Waals surface area contributed by atoms with Gasteiger partial charge < -0.3 is 19.3 Å². The molecule has 0 spiro atoms. The first kappa shape index (κ1) is 20.4. The maximum atomic E-state index is 13.4. The van der Waals surface area contributed by atoms with Gasteiger partial charge in [-0.25, -0.2) is 4.39 Å². The van der Waals surface area contributed by atoms with E-state index in [4.69, 9.17) is 9.47 Å².